The first-order valence-electron chi connectivity index (χ1n) is 11.2. The highest BCUT2D eigenvalue weighted by atomic mass is 32.2. The van der Waals surface area contributed by atoms with Crippen molar-refractivity contribution < 1.29 is 26.4 Å². The third-order valence-electron chi connectivity index (χ3n) is 6.17. The maximum Gasteiger partial charge on any atom is 0.420 e. The number of hydrogen-bond donors (Lipinski definition) is 3. The van der Waals surface area contributed by atoms with Gasteiger partial charge in [0.2, 0.25) is 5.95 Å². The van der Waals surface area contributed by atoms with Crippen molar-refractivity contribution in [1.82, 2.24) is 30.4 Å². The Morgan fingerprint density at radius 1 is 1.19 bits per heavy atom. The zero-order valence-electron chi connectivity index (χ0n) is 19.0. The number of amides is 1. The molecule has 10 nitrogen and oxygen atoms in total. The molecular weight excluding hydrogens is 519 g/mol. The first kappa shape index (κ1) is 24.6. The summed E-state index contributed by atoms with van der Waals surface area (Å²) in [6.45, 7) is 3.52. The number of anilines is 2. The van der Waals surface area contributed by atoms with E-state index in [4.69, 9.17) is 0 Å². The number of thiophene rings is 1. The predicted octanol–water partition coefficient (Wildman–Crippen LogP) is 2.91. The van der Waals surface area contributed by atoms with Gasteiger partial charge in [-0.15, -0.1) is 11.3 Å². The molecule has 2 aliphatic rings. The second-order valence-corrected chi connectivity index (χ2v) is 11.7. The summed E-state index contributed by atoms with van der Waals surface area (Å²) < 4.78 is 68.5. The Labute approximate surface area is 208 Å². The number of carbonyl (C=O) groups is 1. The van der Waals surface area contributed by atoms with Gasteiger partial charge >= 0.3 is 6.18 Å². The lowest BCUT2D eigenvalue weighted by molar-refractivity contribution is -0.137. The average Bonchev–Trinajstić information content (AvgIpc) is 3.41. The second kappa shape index (κ2) is 9.12. The molecule has 36 heavy (non-hydrogen) atoms. The number of nitrogens with one attached hydrogen (secondary N) is 3. The summed E-state index contributed by atoms with van der Waals surface area (Å²) in [7, 11) is -3.85. The Bertz CT molecular complexity index is 1430. The highest BCUT2D eigenvalue weighted by Gasteiger charge is 2.38. The van der Waals surface area contributed by atoms with Crippen molar-refractivity contribution in [1.29, 1.82) is 0 Å². The zero-order valence-corrected chi connectivity index (χ0v) is 20.6. The molecule has 5 rings (SSSR count). The van der Waals surface area contributed by atoms with E-state index in [9.17, 15) is 26.4 Å². The summed E-state index contributed by atoms with van der Waals surface area (Å²) in [5, 5.41) is 13.1. The number of hydrogen-bond acceptors (Lipinski definition) is 9. The molecular formula is C21H22F3N7O3S2. The molecule has 5 heterocycles. The van der Waals surface area contributed by atoms with E-state index in [1.54, 1.807) is 6.20 Å². The molecule has 3 aromatic heterocycles. The van der Waals surface area contributed by atoms with Crippen LogP contribution in [0.4, 0.5) is 24.8 Å². The van der Waals surface area contributed by atoms with Crippen molar-refractivity contribution in [3.05, 3.63) is 34.6 Å². The van der Waals surface area contributed by atoms with Crippen LogP contribution in [-0.2, 0) is 16.0 Å². The van der Waals surface area contributed by atoms with Crippen molar-refractivity contribution in [2.45, 2.75) is 36.9 Å². The summed E-state index contributed by atoms with van der Waals surface area (Å²) >= 11 is 0.652. The molecule has 0 aliphatic carbocycles. The number of sulfone groups is 1. The van der Waals surface area contributed by atoms with Crippen LogP contribution in [-0.4, -0.2) is 59.5 Å². The quantitative estimate of drug-likeness (QED) is 0.460. The lowest BCUT2D eigenvalue weighted by atomic mass is 10.1. The standard InChI is InChI=1S/C21H22F3N7O3S2/c1-11-14(10-28-31(11)12-2-4-25-5-3-12)29-20-27-9-13(21(22,23)24)17(30-20)15-8-16-18(35-15)19(32)26-6-7-36(16,33)34/h8-10,12,25H,2-7H2,1H3,(H,26,32)(H,27,29,30). The number of piperidine rings is 1. The van der Waals surface area contributed by atoms with Crippen LogP contribution in [0.5, 0.6) is 0 Å². The van der Waals surface area contributed by atoms with Gasteiger partial charge < -0.3 is 16.0 Å². The van der Waals surface area contributed by atoms with E-state index in [1.165, 1.54) is 0 Å². The molecule has 0 saturated carbocycles. The van der Waals surface area contributed by atoms with Crippen LogP contribution < -0.4 is 16.0 Å². The molecule has 2 aliphatic heterocycles. The zero-order chi connectivity index (χ0) is 25.7. The van der Waals surface area contributed by atoms with Crippen molar-refractivity contribution in [2.24, 2.45) is 0 Å². The van der Waals surface area contributed by atoms with Gasteiger partial charge in [0.1, 0.15) is 10.4 Å². The van der Waals surface area contributed by atoms with Crippen LogP contribution in [0, 0.1) is 6.92 Å². The normalized spacial score (nSPS) is 18.4. The average molecular weight is 542 g/mol. The molecule has 1 amide bonds. The second-order valence-electron chi connectivity index (χ2n) is 8.53. The molecule has 0 aromatic carbocycles. The van der Waals surface area contributed by atoms with Gasteiger partial charge in [0.05, 0.1) is 44.8 Å². The van der Waals surface area contributed by atoms with Crippen molar-refractivity contribution in [3.63, 3.8) is 0 Å². The SMILES string of the molecule is Cc1c(Nc2ncc(C(F)(F)F)c(-c3cc4c(s3)C(=O)NCCS4(=O)=O)n2)cnn1C1CCNCC1. The minimum Gasteiger partial charge on any atom is -0.350 e. The smallest absolute Gasteiger partial charge is 0.350 e. The fourth-order valence-corrected chi connectivity index (χ4v) is 7.11. The van der Waals surface area contributed by atoms with E-state index in [0.29, 0.717) is 23.2 Å². The number of halogens is 3. The van der Waals surface area contributed by atoms with Crippen LogP contribution >= 0.6 is 11.3 Å². The molecule has 1 fully saturated rings. The Hall–Kier alpha value is -3.04. The predicted molar refractivity (Wildman–Crippen MR) is 126 cm³/mol. The van der Waals surface area contributed by atoms with Gasteiger partial charge in [0.25, 0.3) is 5.91 Å². The maximum absolute atomic E-state index is 13.8. The number of nitrogens with zero attached hydrogens (tertiary/aromatic N) is 4. The molecule has 1 saturated heterocycles. The summed E-state index contributed by atoms with van der Waals surface area (Å²) in [5.41, 5.74) is -0.311. The summed E-state index contributed by atoms with van der Waals surface area (Å²) in [6.07, 6.45) is -0.768. The third kappa shape index (κ3) is 4.57. The first-order valence-corrected chi connectivity index (χ1v) is 13.6. The number of carbonyl (C=O) groups excluding carboxylic acids is 1. The Kier molecular flexibility index (Phi) is 6.24. The largest absolute Gasteiger partial charge is 0.420 e. The van der Waals surface area contributed by atoms with Gasteiger partial charge in [-0.2, -0.15) is 18.3 Å². The number of rotatable bonds is 4. The van der Waals surface area contributed by atoms with Crippen LogP contribution in [0.1, 0.15) is 39.8 Å². The van der Waals surface area contributed by atoms with E-state index in [-0.39, 0.29) is 38.9 Å². The van der Waals surface area contributed by atoms with Crippen LogP contribution in [0.25, 0.3) is 10.6 Å². The molecule has 3 N–H and O–H groups in total. The van der Waals surface area contributed by atoms with Crippen LogP contribution in [0.15, 0.2) is 23.4 Å². The molecule has 0 spiro atoms. The molecule has 15 heteroatoms. The van der Waals surface area contributed by atoms with Crippen molar-refractivity contribution in [2.75, 3.05) is 30.7 Å². The monoisotopic (exact) mass is 541 g/mol. The van der Waals surface area contributed by atoms with E-state index < -0.39 is 33.2 Å². The van der Waals surface area contributed by atoms with E-state index >= 15 is 0 Å². The Balaban J connectivity index is 1.54. The molecule has 0 unspecified atom stereocenters. The van der Waals surface area contributed by atoms with Crippen LogP contribution in [0.2, 0.25) is 0 Å². The Morgan fingerprint density at radius 3 is 2.67 bits per heavy atom. The third-order valence-corrected chi connectivity index (χ3v) is 9.17. The highest BCUT2D eigenvalue weighted by Crippen LogP contribution is 2.41. The fourth-order valence-electron chi connectivity index (χ4n) is 4.29. The van der Waals surface area contributed by atoms with Gasteiger partial charge in [0, 0.05) is 12.7 Å². The number of alkyl halides is 3. The molecule has 192 valence electrons. The van der Waals surface area contributed by atoms with E-state index in [2.05, 4.69) is 31.0 Å². The molecule has 0 bridgehead atoms. The lowest BCUT2D eigenvalue weighted by Crippen LogP contribution is -2.30. The molecule has 0 atom stereocenters. The van der Waals surface area contributed by atoms with Crippen molar-refractivity contribution >= 4 is 38.7 Å². The molecule has 0 radical (unpaired) electrons. The minimum atomic E-state index is -4.80. The minimum absolute atomic E-state index is 0.0717. The van der Waals surface area contributed by atoms with E-state index in [0.717, 1.165) is 37.7 Å². The highest BCUT2D eigenvalue weighted by molar-refractivity contribution is 7.91. The fraction of sp³-hybridized carbons (Fsp3) is 0.429. The summed E-state index contributed by atoms with van der Waals surface area (Å²) in [4.78, 5) is 19.7. The topological polar surface area (TPSA) is 131 Å². The van der Waals surface area contributed by atoms with Gasteiger partial charge in [-0.3, -0.25) is 9.48 Å². The van der Waals surface area contributed by atoms with Crippen molar-refractivity contribution in [3.8, 4) is 10.6 Å². The Morgan fingerprint density at radius 2 is 1.94 bits per heavy atom. The maximum atomic E-state index is 13.8. The van der Waals surface area contributed by atoms with Crippen LogP contribution in [0.3, 0.4) is 0 Å². The number of aromatic nitrogens is 4. The molecule has 3 aromatic rings. The lowest BCUT2D eigenvalue weighted by Gasteiger charge is -2.24. The summed E-state index contributed by atoms with van der Waals surface area (Å²) in [6, 6.07) is 1.29. The first-order chi connectivity index (χ1) is 17.0. The van der Waals surface area contributed by atoms with Gasteiger partial charge in [-0.05, 0) is 38.9 Å². The van der Waals surface area contributed by atoms with Gasteiger partial charge in [-0.25, -0.2) is 18.4 Å². The van der Waals surface area contributed by atoms with Gasteiger partial charge in [0.15, 0.2) is 9.84 Å². The van der Waals surface area contributed by atoms with E-state index in [1.807, 2.05) is 11.6 Å². The van der Waals surface area contributed by atoms with Gasteiger partial charge in [-0.1, -0.05) is 0 Å². The summed E-state index contributed by atoms with van der Waals surface area (Å²) in [5.74, 6) is -1.10. The number of fused-ring (bicyclic) bond motifs is 1.